The van der Waals surface area contributed by atoms with Crippen LogP contribution < -0.4 is 5.32 Å². The van der Waals surface area contributed by atoms with Crippen molar-refractivity contribution in [3.8, 4) is 0 Å². The van der Waals surface area contributed by atoms with Crippen molar-refractivity contribution >= 4 is 26.6 Å². The quantitative estimate of drug-likeness (QED) is 0.600. The minimum absolute atomic E-state index is 0.0309. The van der Waals surface area contributed by atoms with Crippen LogP contribution in [0.3, 0.4) is 0 Å². The van der Waals surface area contributed by atoms with Gasteiger partial charge in [0, 0.05) is 29.8 Å². The topological polar surface area (TPSA) is 118 Å². The van der Waals surface area contributed by atoms with Gasteiger partial charge >= 0.3 is 12.1 Å². The monoisotopic (exact) mass is 464 g/mol. The SMILES string of the molecule is CCC(NC(=O)C(F)(F)F)c1cn(C2CC(O)C(CO)O2)c2ccc(S(C)(=O)=O)cc12. The minimum atomic E-state index is -5.07. The number of benzene rings is 1. The van der Waals surface area contributed by atoms with Gasteiger partial charge in [-0.05, 0) is 24.6 Å². The highest BCUT2D eigenvalue weighted by molar-refractivity contribution is 7.90. The van der Waals surface area contributed by atoms with Gasteiger partial charge in [-0.25, -0.2) is 8.42 Å². The highest BCUT2D eigenvalue weighted by Gasteiger charge is 2.40. The molecule has 1 saturated heterocycles. The van der Waals surface area contributed by atoms with Gasteiger partial charge < -0.3 is 24.8 Å². The number of hydrogen-bond acceptors (Lipinski definition) is 6. The molecule has 1 aliphatic heterocycles. The van der Waals surface area contributed by atoms with Crippen molar-refractivity contribution in [3.63, 3.8) is 0 Å². The molecule has 0 saturated carbocycles. The molecule has 0 bridgehead atoms. The molecule has 2 heterocycles. The van der Waals surface area contributed by atoms with E-state index >= 15 is 0 Å². The molecule has 3 N–H and O–H groups in total. The van der Waals surface area contributed by atoms with Gasteiger partial charge in [0.05, 0.1) is 29.2 Å². The molecule has 0 spiro atoms. The lowest BCUT2D eigenvalue weighted by Gasteiger charge is -2.18. The molecule has 172 valence electrons. The van der Waals surface area contributed by atoms with E-state index < -0.39 is 53.0 Å². The number of aromatic nitrogens is 1. The van der Waals surface area contributed by atoms with E-state index in [1.54, 1.807) is 11.5 Å². The van der Waals surface area contributed by atoms with Crippen LogP contribution in [-0.4, -0.2) is 60.4 Å². The summed E-state index contributed by atoms with van der Waals surface area (Å²) >= 11 is 0. The lowest BCUT2D eigenvalue weighted by molar-refractivity contribution is -0.174. The summed E-state index contributed by atoms with van der Waals surface area (Å²) in [5.41, 5.74) is 0.740. The lowest BCUT2D eigenvalue weighted by Crippen LogP contribution is -2.38. The first-order valence-electron chi connectivity index (χ1n) is 9.53. The summed E-state index contributed by atoms with van der Waals surface area (Å²) in [4.78, 5) is 11.5. The molecular formula is C19H23F3N2O6S. The highest BCUT2D eigenvalue weighted by atomic mass is 32.2. The lowest BCUT2D eigenvalue weighted by atomic mass is 10.0. The first-order chi connectivity index (χ1) is 14.4. The first kappa shape index (κ1) is 23.5. The molecule has 31 heavy (non-hydrogen) atoms. The van der Waals surface area contributed by atoms with Crippen molar-refractivity contribution in [1.29, 1.82) is 0 Å². The number of carbonyl (C=O) groups is 1. The van der Waals surface area contributed by atoms with Crippen molar-refractivity contribution in [2.75, 3.05) is 12.9 Å². The van der Waals surface area contributed by atoms with Crippen LogP contribution >= 0.6 is 0 Å². The number of halogens is 3. The van der Waals surface area contributed by atoms with Crippen LogP contribution in [-0.2, 0) is 19.4 Å². The van der Waals surface area contributed by atoms with Gasteiger partial charge in [0.25, 0.3) is 0 Å². The molecule has 1 aromatic carbocycles. The van der Waals surface area contributed by atoms with Crippen LogP contribution in [0.25, 0.3) is 10.9 Å². The van der Waals surface area contributed by atoms with E-state index in [9.17, 15) is 36.6 Å². The molecule has 8 nitrogen and oxygen atoms in total. The zero-order chi connectivity index (χ0) is 23.1. The third-order valence-corrected chi connectivity index (χ3v) is 6.41. The predicted octanol–water partition coefficient (Wildman–Crippen LogP) is 1.82. The fraction of sp³-hybridized carbons (Fsp3) is 0.526. The minimum Gasteiger partial charge on any atom is -0.394 e. The number of aliphatic hydroxyl groups is 2. The number of rotatable bonds is 6. The summed E-state index contributed by atoms with van der Waals surface area (Å²) in [6, 6.07) is 3.15. The molecular weight excluding hydrogens is 441 g/mol. The number of hydrogen-bond donors (Lipinski definition) is 3. The van der Waals surface area contributed by atoms with Gasteiger partial charge in [-0.2, -0.15) is 13.2 Å². The molecule has 4 unspecified atom stereocenters. The smallest absolute Gasteiger partial charge is 0.394 e. The number of nitrogens with zero attached hydrogens (tertiary/aromatic N) is 1. The fourth-order valence-corrected chi connectivity index (χ4v) is 4.34. The molecule has 0 radical (unpaired) electrons. The average Bonchev–Trinajstić information content (AvgIpc) is 3.24. The maximum atomic E-state index is 12.8. The summed E-state index contributed by atoms with van der Waals surface area (Å²) in [6.07, 6.45) is -4.86. The van der Waals surface area contributed by atoms with E-state index in [1.807, 2.05) is 5.32 Å². The normalized spacial score (nSPS) is 23.3. The van der Waals surface area contributed by atoms with E-state index in [-0.39, 0.29) is 23.3 Å². The van der Waals surface area contributed by atoms with Crippen LogP contribution in [0.5, 0.6) is 0 Å². The Morgan fingerprint density at radius 1 is 1.39 bits per heavy atom. The Morgan fingerprint density at radius 2 is 2.06 bits per heavy atom. The van der Waals surface area contributed by atoms with Crippen molar-refractivity contribution in [2.24, 2.45) is 0 Å². The average molecular weight is 464 g/mol. The Labute approximate surface area is 176 Å². The van der Waals surface area contributed by atoms with E-state index in [0.717, 1.165) is 6.26 Å². The van der Waals surface area contributed by atoms with Gasteiger partial charge in [-0.3, -0.25) is 4.79 Å². The largest absolute Gasteiger partial charge is 0.471 e. The Hall–Kier alpha value is -2.15. The van der Waals surface area contributed by atoms with Gasteiger partial charge in [0.2, 0.25) is 0 Å². The summed E-state index contributed by atoms with van der Waals surface area (Å²) < 4.78 is 69.7. The summed E-state index contributed by atoms with van der Waals surface area (Å²) in [5.74, 6) is -2.10. The zero-order valence-corrected chi connectivity index (χ0v) is 17.6. The number of fused-ring (bicyclic) bond motifs is 1. The summed E-state index contributed by atoms with van der Waals surface area (Å²) in [7, 11) is -3.60. The first-order valence-corrected chi connectivity index (χ1v) is 11.4. The number of amides is 1. The van der Waals surface area contributed by atoms with Crippen LogP contribution in [0.2, 0.25) is 0 Å². The number of aliphatic hydroxyl groups excluding tert-OH is 2. The van der Waals surface area contributed by atoms with Crippen molar-refractivity contribution in [2.45, 2.75) is 55.3 Å². The number of alkyl halides is 3. The maximum Gasteiger partial charge on any atom is 0.471 e. The van der Waals surface area contributed by atoms with Gasteiger partial charge in [0.15, 0.2) is 9.84 Å². The summed E-state index contributed by atoms with van der Waals surface area (Å²) in [5, 5.41) is 21.7. The molecule has 4 atom stereocenters. The zero-order valence-electron chi connectivity index (χ0n) is 16.8. The van der Waals surface area contributed by atoms with E-state index in [2.05, 4.69) is 0 Å². The molecule has 1 fully saturated rings. The molecule has 0 aliphatic carbocycles. The molecule has 1 aromatic heterocycles. The third-order valence-electron chi connectivity index (χ3n) is 5.30. The van der Waals surface area contributed by atoms with E-state index in [1.165, 1.54) is 24.4 Å². The second-order valence-electron chi connectivity index (χ2n) is 7.49. The molecule has 12 heteroatoms. The molecule has 1 amide bonds. The maximum absolute atomic E-state index is 12.8. The Bertz CT molecular complexity index is 1080. The molecule has 2 aromatic rings. The standard InChI is InChI=1S/C19H23F3N2O6S/c1-3-13(23-18(27)19(20,21)22)12-8-24(17-7-15(26)16(9-25)30-17)14-5-4-10(6-11(12)14)31(2,28)29/h4-6,8,13,15-17,25-26H,3,7,9H2,1-2H3,(H,23,27). The van der Waals surface area contributed by atoms with Crippen LogP contribution in [0, 0.1) is 0 Å². The third kappa shape index (κ3) is 4.71. The number of sulfone groups is 1. The van der Waals surface area contributed by atoms with E-state index in [0.29, 0.717) is 10.9 Å². The summed E-state index contributed by atoms with van der Waals surface area (Å²) in [6.45, 7) is 1.17. The van der Waals surface area contributed by atoms with Crippen LogP contribution in [0.15, 0.2) is 29.3 Å². The number of nitrogens with one attached hydrogen (secondary N) is 1. The van der Waals surface area contributed by atoms with Gasteiger partial charge in [0.1, 0.15) is 12.3 Å². The van der Waals surface area contributed by atoms with Crippen LogP contribution in [0.4, 0.5) is 13.2 Å². The second-order valence-corrected chi connectivity index (χ2v) is 9.51. The predicted molar refractivity (Wildman–Crippen MR) is 104 cm³/mol. The van der Waals surface area contributed by atoms with Gasteiger partial charge in [-0.15, -0.1) is 0 Å². The number of ether oxygens (including phenoxy) is 1. The van der Waals surface area contributed by atoms with Crippen LogP contribution in [0.1, 0.15) is 37.6 Å². The van der Waals surface area contributed by atoms with Gasteiger partial charge in [-0.1, -0.05) is 6.92 Å². The Kier molecular flexibility index (Phi) is 6.38. The second kappa shape index (κ2) is 8.41. The molecule has 3 rings (SSSR count). The fourth-order valence-electron chi connectivity index (χ4n) is 3.70. The van der Waals surface area contributed by atoms with E-state index in [4.69, 9.17) is 4.74 Å². The molecule has 1 aliphatic rings. The highest BCUT2D eigenvalue weighted by Crippen LogP contribution is 2.37. The van der Waals surface area contributed by atoms with Crippen molar-refractivity contribution in [3.05, 3.63) is 30.0 Å². The Balaban J connectivity index is 2.13. The van der Waals surface area contributed by atoms with Crippen molar-refractivity contribution < 1.29 is 41.3 Å². The Morgan fingerprint density at radius 3 is 2.58 bits per heavy atom. The number of carbonyl (C=O) groups excluding carboxylic acids is 1. The van der Waals surface area contributed by atoms with Crippen molar-refractivity contribution in [1.82, 2.24) is 9.88 Å².